The normalized spacial score (nSPS) is 11.3. The molecule has 4 aromatic rings. The molecular formula is C19H20FN7. The van der Waals surface area contributed by atoms with E-state index in [0.29, 0.717) is 12.4 Å². The predicted molar refractivity (Wildman–Crippen MR) is 102 cm³/mol. The van der Waals surface area contributed by atoms with Crippen LogP contribution in [-0.2, 0) is 13.6 Å². The molecule has 7 nitrogen and oxygen atoms in total. The lowest BCUT2D eigenvalue weighted by Gasteiger charge is -2.19. The summed E-state index contributed by atoms with van der Waals surface area (Å²) in [5, 5.41) is 12.6. The minimum atomic E-state index is -0.261. The molecule has 0 aliphatic heterocycles. The van der Waals surface area contributed by atoms with E-state index in [4.69, 9.17) is 0 Å². The minimum Gasteiger partial charge on any atom is -0.354 e. The van der Waals surface area contributed by atoms with E-state index in [-0.39, 0.29) is 5.82 Å². The van der Waals surface area contributed by atoms with Gasteiger partial charge in [-0.3, -0.25) is 9.78 Å². The van der Waals surface area contributed by atoms with Crippen molar-refractivity contribution in [1.29, 1.82) is 0 Å². The molecule has 1 N–H and O–H groups in total. The summed E-state index contributed by atoms with van der Waals surface area (Å²) in [6, 6.07) is 6.37. The topological polar surface area (TPSA) is 75.5 Å². The van der Waals surface area contributed by atoms with E-state index in [1.165, 1.54) is 12.1 Å². The van der Waals surface area contributed by atoms with Crippen molar-refractivity contribution in [3.05, 3.63) is 53.4 Å². The minimum absolute atomic E-state index is 0.261. The molecule has 0 atom stereocenters. The Morgan fingerprint density at radius 1 is 1.15 bits per heavy atom. The number of nitrogens with zero attached hydrogens (tertiary/aromatic N) is 6. The number of rotatable bonds is 4. The standard InChI is InChI=1S/C19H20FN7/c1-11-16-18(22-12(2)23-19(16)27(4)25-11)26(3)10-14-9-21-24-17(14)13-5-7-15(20)8-6-13/h5-9H,10H2,1-4H3,(H,21,24). The van der Waals surface area contributed by atoms with Crippen LogP contribution in [0.3, 0.4) is 0 Å². The summed E-state index contributed by atoms with van der Waals surface area (Å²) in [6.45, 7) is 4.42. The van der Waals surface area contributed by atoms with Crippen LogP contribution in [0.1, 0.15) is 17.1 Å². The summed E-state index contributed by atoms with van der Waals surface area (Å²) in [7, 11) is 3.86. The van der Waals surface area contributed by atoms with Gasteiger partial charge in [-0.05, 0) is 38.1 Å². The van der Waals surface area contributed by atoms with Gasteiger partial charge in [-0.1, -0.05) is 0 Å². The van der Waals surface area contributed by atoms with E-state index < -0.39 is 0 Å². The Hall–Kier alpha value is -3.29. The predicted octanol–water partition coefficient (Wildman–Crippen LogP) is 3.15. The number of nitrogens with one attached hydrogen (secondary N) is 1. The number of hydrogen-bond acceptors (Lipinski definition) is 5. The van der Waals surface area contributed by atoms with Gasteiger partial charge in [-0.2, -0.15) is 10.2 Å². The number of H-pyrrole nitrogens is 1. The molecule has 8 heteroatoms. The third-order valence-electron chi connectivity index (χ3n) is 4.57. The number of hydrogen-bond donors (Lipinski definition) is 1. The van der Waals surface area contributed by atoms with Crippen molar-refractivity contribution in [2.24, 2.45) is 7.05 Å². The van der Waals surface area contributed by atoms with Gasteiger partial charge in [0.25, 0.3) is 0 Å². The van der Waals surface area contributed by atoms with Crippen LogP contribution < -0.4 is 4.90 Å². The molecule has 1 aromatic carbocycles. The molecule has 0 bridgehead atoms. The van der Waals surface area contributed by atoms with Gasteiger partial charge in [0.05, 0.1) is 23.0 Å². The summed E-state index contributed by atoms with van der Waals surface area (Å²) in [6.07, 6.45) is 1.79. The van der Waals surface area contributed by atoms with Crippen molar-refractivity contribution in [1.82, 2.24) is 29.9 Å². The second-order valence-electron chi connectivity index (χ2n) is 6.64. The number of benzene rings is 1. The zero-order valence-corrected chi connectivity index (χ0v) is 15.7. The maximum absolute atomic E-state index is 13.2. The molecule has 4 rings (SSSR count). The average Bonchev–Trinajstić information content (AvgIpc) is 3.20. The summed E-state index contributed by atoms with van der Waals surface area (Å²) in [5.41, 5.74) is 4.45. The highest BCUT2D eigenvalue weighted by atomic mass is 19.1. The molecule has 0 aliphatic rings. The van der Waals surface area contributed by atoms with E-state index in [2.05, 4.69) is 30.2 Å². The Labute approximate surface area is 155 Å². The van der Waals surface area contributed by atoms with Crippen LogP contribution in [-0.4, -0.2) is 37.0 Å². The molecule has 0 saturated heterocycles. The number of fused-ring (bicyclic) bond motifs is 1. The van der Waals surface area contributed by atoms with Gasteiger partial charge in [0, 0.05) is 31.8 Å². The molecule has 138 valence electrons. The summed E-state index contributed by atoms with van der Waals surface area (Å²) in [5.74, 6) is 1.26. The number of anilines is 1. The first-order valence-electron chi connectivity index (χ1n) is 8.61. The third kappa shape index (κ3) is 3.03. The van der Waals surface area contributed by atoms with Crippen LogP contribution in [0, 0.1) is 19.7 Å². The molecule has 0 unspecified atom stereocenters. The Kier molecular flexibility index (Phi) is 4.10. The SMILES string of the molecule is Cc1nc(N(C)Cc2cn[nH]c2-c2ccc(F)cc2)c2c(C)nn(C)c2n1. The second-order valence-corrected chi connectivity index (χ2v) is 6.64. The summed E-state index contributed by atoms with van der Waals surface area (Å²) >= 11 is 0. The molecule has 27 heavy (non-hydrogen) atoms. The lowest BCUT2D eigenvalue weighted by Crippen LogP contribution is -2.19. The molecule has 0 radical (unpaired) electrons. The molecular weight excluding hydrogens is 345 g/mol. The second kappa shape index (κ2) is 6.46. The maximum Gasteiger partial charge on any atom is 0.163 e. The zero-order chi connectivity index (χ0) is 19.1. The lowest BCUT2D eigenvalue weighted by molar-refractivity contribution is 0.628. The van der Waals surface area contributed by atoms with Crippen molar-refractivity contribution in [3.63, 3.8) is 0 Å². The largest absolute Gasteiger partial charge is 0.354 e. The number of aryl methyl sites for hydroxylation is 3. The monoisotopic (exact) mass is 365 g/mol. The Balaban J connectivity index is 1.72. The van der Waals surface area contributed by atoms with E-state index >= 15 is 0 Å². The van der Waals surface area contributed by atoms with Gasteiger partial charge < -0.3 is 4.90 Å². The average molecular weight is 365 g/mol. The molecule has 0 amide bonds. The van der Waals surface area contributed by atoms with Crippen LogP contribution in [0.25, 0.3) is 22.3 Å². The van der Waals surface area contributed by atoms with Crippen molar-refractivity contribution < 1.29 is 4.39 Å². The molecule has 0 aliphatic carbocycles. The lowest BCUT2D eigenvalue weighted by atomic mass is 10.1. The highest BCUT2D eigenvalue weighted by molar-refractivity contribution is 5.89. The van der Waals surface area contributed by atoms with Crippen molar-refractivity contribution >= 4 is 16.9 Å². The first-order valence-corrected chi connectivity index (χ1v) is 8.61. The first-order chi connectivity index (χ1) is 12.9. The number of aromatic nitrogens is 6. The van der Waals surface area contributed by atoms with Crippen LogP contribution >= 0.6 is 0 Å². The maximum atomic E-state index is 13.2. The van der Waals surface area contributed by atoms with Gasteiger partial charge in [0.2, 0.25) is 0 Å². The fourth-order valence-electron chi connectivity index (χ4n) is 3.33. The summed E-state index contributed by atoms with van der Waals surface area (Å²) < 4.78 is 15.0. The molecule has 0 saturated carbocycles. The fourth-order valence-corrected chi connectivity index (χ4v) is 3.33. The Morgan fingerprint density at radius 2 is 1.89 bits per heavy atom. The Morgan fingerprint density at radius 3 is 2.63 bits per heavy atom. The van der Waals surface area contributed by atoms with Crippen molar-refractivity contribution in [2.45, 2.75) is 20.4 Å². The van der Waals surface area contributed by atoms with Gasteiger partial charge in [-0.15, -0.1) is 0 Å². The fraction of sp³-hybridized carbons (Fsp3) is 0.263. The first kappa shape index (κ1) is 17.1. The smallest absolute Gasteiger partial charge is 0.163 e. The van der Waals surface area contributed by atoms with Crippen molar-refractivity contribution in [3.8, 4) is 11.3 Å². The van der Waals surface area contributed by atoms with Crippen LogP contribution in [0.4, 0.5) is 10.2 Å². The van der Waals surface area contributed by atoms with Gasteiger partial charge >= 0.3 is 0 Å². The molecule has 0 spiro atoms. The zero-order valence-electron chi connectivity index (χ0n) is 15.7. The highest BCUT2D eigenvalue weighted by Gasteiger charge is 2.18. The number of halogens is 1. The van der Waals surface area contributed by atoms with Crippen molar-refractivity contribution in [2.75, 3.05) is 11.9 Å². The van der Waals surface area contributed by atoms with Crippen LogP contribution in [0.15, 0.2) is 30.5 Å². The third-order valence-corrected chi connectivity index (χ3v) is 4.57. The quantitative estimate of drug-likeness (QED) is 0.601. The van der Waals surface area contributed by atoms with Crippen LogP contribution in [0.5, 0.6) is 0 Å². The van der Waals surface area contributed by atoms with Gasteiger partial charge in [0.15, 0.2) is 5.65 Å². The highest BCUT2D eigenvalue weighted by Crippen LogP contribution is 2.28. The van der Waals surface area contributed by atoms with E-state index in [9.17, 15) is 4.39 Å². The molecule has 3 aromatic heterocycles. The van der Waals surface area contributed by atoms with E-state index in [0.717, 1.165) is 39.4 Å². The molecule has 3 heterocycles. The van der Waals surface area contributed by atoms with E-state index in [1.54, 1.807) is 23.0 Å². The van der Waals surface area contributed by atoms with Gasteiger partial charge in [0.1, 0.15) is 17.5 Å². The van der Waals surface area contributed by atoms with E-state index in [1.807, 2.05) is 27.9 Å². The van der Waals surface area contributed by atoms with Crippen LogP contribution in [0.2, 0.25) is 0 Å². The Bertz CT molecular complexity index is 1110. The summed E-state index contributed by atoms with van der Waals surface area (Å²) in [4.78, 5) is 11.2. The van der Waals surface area contributed by atoms with Gasteiger partial charge in [-0.25, -0.2) is 14.4 Å². The molecule has 0 fully saturated rings. The number of aromatic amines is 1.